The summed E-state index contributed by atoms with van der Waals surface area (Å²) in [6.07, 6.45) is 1.04. The predicted octanol–water partition coefficient (Wildman–Crippen LogP) is 4.19. The average Bonchev–Trinajstić information content (AvgIpc) is 2.55. The fourth-order valence-electron chi connectivity index (χ4n) is 2.41. The Morgan fingerprint density at radius 3 is 2.45 bits per heavy atom. The van der Waals surface area contributed by atoms with Crippen LogP contribution in [0.5, 0.6) is 5.75 Å². The van der Waals surface area contributed by atoms with Crippen LogP contribution in [0.1, 0.15) is 23.6 Å². The second kappa shape index (κ2) is 8.44. The Hall–Kier alpha value is -2.00. The lowest BCUT2D eigenvalue weighted by Gasteiger charge is -2.14. The molecule has 0 amide bonds. The van der Waals surface area contributed by atoms with E-state index in [1.807, 2.05) is 12.1 Å². The zero-order valence-corrected chi connectivity index (χ0v) is 13.7. The Labute approximate surface area is 133 Å². The molecule has 2 aromatic rings. The molecular formula is C19H25NO2. The van der Waals surface area contributed by atoms with Gasteiger partial charge in [-0.25, -0.2) is 0 Å². The van der Waals surface area contributed by atoms with Crippen molar-refractivity contribution in [3.63, 3.8) is 0 Å². The van der Waals surface area contributed by atoms with Crippen molar-refractivity contribution in [3.8, 4) is 5.75 Å². The molecule has 0 unspecified atom stereocenters. The second-order valence-electron chi connectivity index (χ2n) is 5.30. The third kappa shape index (κ3) is 4.50. The molecule has 0 radical (unpaired) electrons. The van der Waals surface area contributed by atoms with E-state index in [1.165, 1.54) is 22.4 Å². The molecule has 0 heterocycles. The first-order chi connectivity index (χ1) is 10.7. The van der Waals surface area contributed by atoms with Crippen LogP contribution in [0.15, 0.2) is 42.5 Å². The van der Waals surface area contributed by atoms with E-state index < -0.39 is 0 Å². The van der Waals surface area contributed by atoms with E-state index in [0.717, 1.165) is 18.7 Å². The quantitative estimate of drug-likeness (QED) is 0.741. The van der Waals surface area contributed by atoms with Gasteiger partial charge in [0.2, 0.25) is 0 Å². The van der Waals surface area contributed by atoms with E-state index in [4.69, 9.17) is 9.47 Å². The summed E-state index contributed by atoms with van der Waals surface area (Å²) in [5, 5.41) is 3.56. The summed E-state index contributed by atoms with van der Waals surface area (Å²) < 4.78 is 10.5. The van der Waals surface area contributed by atoms with E-state index >= 15 is 0 Å². The van der Waals surface area contributed by atoms with E-state index in [-0.39, 0.29) is 0 Å². The maximum Gasteiger partial charge on any atom is 0.119 e. The van der Waals surface area contributed by atoms with Crippen LogP contribution in [0, 0.1) is 6.92 Å². The molecule has 0 fully saturated rings. The average molecular weight is 299 g/mol. The van der Waals surface area contributed by atoms with Gasteiger partial charge in [0, 0.05) is 19.3 Å². The largest absolute Gasteiger partial charge is 0.491 e. The summed E-state index contributed by atoms with van der Waals surface area (Å²) in [7, 11) is 1.67. The van der Waals surface area contributed by atoms with Crippen LogP contribution in [0.2, 0.25) is 0 Å². The van der Waals surface area contributed by atoms with Gasteiger partial charge in [-0.2, -0.15) is 0 Å². The number of hydrogen-bond acceptors (Lipinski definition) is 3. The van der Waals surface area contributed by atoms with Gasteiger partial charge >= 0.3 is 0 Å². The first-order valence-electron chi connectivity index (χ1n) is 7.77. The molecule has 0 spiro atoms. The number of methoxy groups -OCH3 is 1. The smallest absolute Gasteiger partial charge is 0.119 e. The molecule has 0 saturated carbocycles. The molecule has 22 heavy (non-hydrogen) atoms. The van der Waals surface area contributed by atoms with Crippen molar-refractivity contribution in [1.82, 2.24) is 0 Å². The van der Waals surface area contributed by atoms with Crippen LogP contribution < -0.4 is 10.1 Å². The van der Waals surface area contributed by atoms with Crippen LogP contribution >= 0.6 is 0 Å². The number of anilines is 1. The molecule has 3 nitrogen and oxygen atoms in total. The minimum Gasteiger partial charge on any atom is -0.491 e. The highest BCUT2D eigenvalue weighted by Crippen LogP contribution is 2.22. The van der Waals surface area contributed by atoms with Crippen molar-refractivity contribution in [3.05, 3.63) is 59.2 Å². The summed E-state index contributed by atoms with van der Waals surface area (Å²) in [5.41, 5.74) is 5.15. The highest BCUT2D eigenvalue weighted by atomic mass is 16.5. The summed E-state index contributed by atoms with van der Waals surface area (Å²) >= 11 is 0. The third-order valence-corrected chi connectivity index (χ3v) is 3.69. The molecule has 0 aliphatic rings. The molecule has 2 aromatic carbocycles. The van der Waals surface area contributed by atoms with Gasteiger partial charge in [0.15, 0.2) is 0 Å². The zero-order chi connectivity index (χ0) is 15.8. The lowest BCUT2D eigenvalue weighted by Crippen LogP contribution is -2.05. The molecule has 0 saturated heterocycles. The number of hydrogen-bond donors (Lipinski definition) is 1. The molecule has 0 bridgehead atoms. The van der Waals surface area contributed by atoms with Crippen molar-refractivity contribution >= 4 is 5.69 Å². The van der Waals surface area contributed by atoms with Crippen LogP contribution in [0.3, 0.4) is 0 Å². The molecule has 0 aliphatic carbocycles. The van der Waals surface area contributed by atoms with Crippen LogP contribution in [0.25, 0.3) is 0 Å². The lowest BCUT2D eigenvalue weighted by molar-refractivity contribution is 0.146. The van der Waals surface area contributed by atoms with Gasteiger partial charge in [-0.15, -0.1) is 0 Å². The van der Waals surface area contributed by atoms with Crippen LogP contribution in [-0.4, -0.2) is 20.3 Å². The monoisotopic (exact) mass is 299 g/mol. The summed E-state index contributed by atoms with van der Waals surface area (Å²) in [5.74, 6) is 0.880. The SMILES string of the molecule is CCc1cccc(C)c1NCc1ccc(OCCOC)cc1. The van der Waals surface area contributed by atoms with Crippen molar-refractivity contribution in [2.24, 2.45) is 0 Å². The van der Waals surface area contributed by atoms with Gasteiger partial charge in [-0.1, -0.05) is 37.3 Å². The first kappa shape index (κ1) is 16.4. The highest BCUT2D eigenvalue weighted by Gasteiger charge is 2.04. The van der Waals surface area contributed by atoms with E-state index in [2.05, 4.69) is 49.5 Å². The molecule has 3 heteroatoms. The zero-order valence-electron chi connectivity index (χ0n) is 13.7. The Morgan fingerprint density at radius 2 is 1.77 bits per heavy atom. The van der Waals surface area contributed by atoms with E-state index in [0.29, 0.717) is 13.2 Å². The van der Waals surface area contributed by atoms with Crippen LogP contribution in [-0.2, 0) is 17.7 Å². The van der Waals surface area contributed by atoms with Crippen LogP contribution in [0.4, 0.5) is 5.69 Å². The number of benzene rings is 2. The minimum absolute atomic E-state index is 0.581. The normalized spacial score (nSPS) is 10.5. The highest BCUT2D eigenvalue weighted by molar-refractivity contribution is 5.57. The third-order valence-electron chi connectivity index (χ3n) is 3.69. The Morgan fingerprint density at radius 1 is 1.00 bits per heavy atom. The topological polar surface area (TPSA) is 30.5 Å². The Kier molecular flexibility index (Phi) is 6.28. The van der Waals surface area contributed by atoms with Gasteiger partial charge in [0.05, 0.1) is 6.61 Å². The van der Waals surface area contributed by atoms with E-state index in [9.17, 15) is 0 Å². The van der Waals surface area contributed by atoms with Gasteiger partial charge in [0.25, 0.3) is 0 Å². The number of aryl methyl sites for hydroxylation is 2. The van der Waals surface area contributed by atoms with E-state index in [1.54, 1.807) is 7.11 Å². The van der Waals surface area contributed by atoms with Crippen molar-refractivity contribution in [1.29, 1.82) is 0 Å². The maximum atomic E-state index is 5.57. The fourth-order valence-corrected chi connectivity index (χ4v) is 2.41. The van der Waals surface area contributed by atoms with Gasteiger partial charge in [-0.3, -0.25) is 0 Å². The summed E-state index contributed by atoms with van der Waals surface area (Å²) in [6.45, 7) is 6.34. The molecule has 0 aliphatic heterocycles. The number of nitrogens with one attached hydrogen (secondary N) is 1. The van der Waals surface area contributed by atoms with Gasteiger partial charge < -0.3 is 14.8 Å². The molecule has 2 rings (SSSR count). The fraction of sp³-hybridized carbons (Fsp3) is 0.368. The first-order valence-corrected chi connectivity index (χ1v) is 7.77. The minimum atomic E-state index is 0.581. The molecule has 0 atom stereocenters. The van der Waals surface area contributed by atoms with Gasteiger partial charge in [0.1, 0.15) is 12.4 Å². The Bertz CT molecular complexity index is 578. The summed E-state index contributed by atoms with van der Waals surface area (Å²) in [4.78, 5) is 0. The number of para-hydroxylation sites is 1. The standard InChI is InChI=1S/C19H25NO2/c1-4-17-7-5-6-15(2)19(17)20-14-16-8-10-18(11-9-16)22-13-12-21-3/h5-11,20H,4,12-14H2,1-3H3. The van der Waals surface area contributed by atoms with Crippen molar-refractivity contribution < 1.29 is 9.47 Å². The van der Waals surface area contributed by atoms with Crippen molar-refractivity contribution in [2.75, 3.05) is 25.6 Å². The number of rotatable bonds is 8. The van der Waals surface area contributed by atoms with Gasteiger partial charge in [-0.05, 0) is 42.2 Å². The predicted molar refractivity (Wildman–Crippen MR) is 91.7 cm³/mol. The van der Waals surface area contributed by atoms with Crippen molar-refractivity contribution in [2.45, 2.75) is 26.8 Å². The molecule has 1 N–H and O–H groups in total. The number of ether oxygens (including phenoxy) is 2. The lowest BCUT2D eigenvalue weighted by atomic mass is 10.1. The summed E-state index contributed by atoms with van der Waals surface area (Å²) in [6, 6.07) is 14.6. The maximum absolute atomic E-state index is 5.57. The molecule has 0 aromatic heterocycles. The Balaban J connectivity index is 1.95. The molecule has 118 valence electrons. The second-order valence-corrected chi connectivity index (χ2v) is 5.30. The molecular weight excluding hydrogens is 274 g/mol.